The van der Waals surface area contributed by atoms with Gasteiger partial charge in [-0.1, -0.05) is 65.2 Å². The molecule has 132 valence electrons. The fourth-order valence-electron chi connectivity index (χ4n) is 3.10. The highest BCUT2D eigenvalue weighted by atomic mass is 16.2. The van der Waals surface area contributed by atoms with E-state index in [2.05, 4.69) is 33.1 Å². The van der Waals surface area contributed by atoms with Gasteiger partial charge in [0.25, 0.3) is 5.91 Å². The van der Waals surface area contributed by atoms with Crippen LogP contribution in [-0.4, -0.2) is 30.1 Å². The molecular weight excluding hydrogens is 272 g/mol. The minimum absolute atomic E-state index is 0.236. The summed E-state index contributed by atoms with van der Waals surface area (Å²) in [7, 11) is 0. The monoisotopic (exact) mass is 313 g/mol. The highest BCUT2D eigenvalue weighted by Crippen LogP contribution is 2.11. The van der Waals surface area contributed by atoms with E-state index in [0.29, 0.717) is 6.42 Å². The van der Waals surface area contributed by atoms with Gasteiger partial charge in [0.2, 0.25) is 0 Å². The third-order valence-corrected chi connectivity index (χ3v) is 4.73. The predicted molar refractivity (Wildman–Crippen MR) is 96.5 cm³/mol. The molecule has 0 saturated heterocycles. The molecule has 0 aromatic rings. The molecule has 0 aromatic carbocycles. The van der Waals surface area contributed by atoms with E-state index >= 15 is 0 Å². The third-order valence-electron chi connectivity index (χ3n) is 4.73. The van der Waals surface area contributed by atoms with E-state index < -0.39 is 0 Å². The van der Waals surface area contributed by atoms with Gasteiger partial charge < -0.3 is 0 Å². The molecular formula is C19H41N2O+. The largest absolute Gasteiger partial charge is 0.270 e. The summed E-state index contributed by atoms with van der Waals surface area (Å²) in [6.45, 7) is 11.8. The lowest BCUT2D eigenvalue weighted by molar-refractivity contribution is -0.958. The van der Waals surface area contributed by atoms with Crippen LogP contribution >= 0.6 is 0 Å². The van der Waals surface area contributed by atoms with Gasteiger partial charge in [-0.25, -0.2) is 10.0 Å². The van der Waals surface area contributed by atoms with Crippen molar-refractivity contribution in [3.05, 3.63) is 0 Å². The van der Waals surface area contributed by atoms with Crippen LogP contribution in [-0.2, 0) is 4.79 Å². The first kappa shape index (κ1) is 21.4. The van der Waals surface area contributed by atoms with Crippen LogP contribution in [0.3, 0.4) is 0 Å². The zero-order valence-electron chi connectivity index (χ0n) is 15.8. The predicted octanol–water partition coefficient (Wildman–Crippen LogP) is 5.21. The van der Waals surface area contributed by atoms with Crippen molar-refractivity contribution >= 4 is 5.91 Å². The molecule has 3 heteroatoms. The molecule has 3 nitrogen and oxygen atoms in total. The number of nitrogens with one attached hydrogen (secondary N) is 1. The summed E-state index contributed by atoms with van der Waals surface area (Å²) in [6, 6.07) is 0. The molecule has 0 saturated carbocycles. The average molecular weight is 314 g/mol. The summed E-state index contributed by atoms with van der Waals surface area (Å²) in [5.41, 5.74) is 3.25. The Kier molecular flexibility index (Phi) is 13.7. The van der Waals surface area contributed by atoms with Crippen molar-refractivity contribution in [3.63, 3.8) is 0 Å². The molecule has 0 bridgehead atoms. The molecule has 0 aliphatic rings. The summed E-state index contributed by atoms with van der Waals surface area (Å²) >= 11 is 0. The van der Waals surface area contributed by atoms with Crippen molar-refractivity contribution in [2.24, 2.45) is 0 Å². The number of quaternary nitrogens is 1. The standard InChI is InChI=1S/C19H40N2O/c1-5-9-10-11-12-13-14-15-16-17-19(22)20-21(7-3,8-4)18-6-2/h5-18H2,1-4H3/p+1. The Morgan fingerprint density at radius 1 is 0.727 bits per heavy atom. The van der Waals surface area contributed by atoms with Crippen molar-refractivity contribution in [2.75, 3.05) is 19.6 Å². The molecule has 0 radical (unpaired) electrons. The second kappa shape index (κ2) is 14.0. The van der Waals surface area contributed by atoms with Crippen LogP contribution in [0.1, 0.15) is 98.3 Å². The van der Waals surface area contributed by atoms with Gasteiger partial charge in [-0.05, 0) is 26.7 Å². The highest BCUT2D eigenvalue weighted by molar-refractivity contribution is 5.74. The van der Waals surface area contributed by atoms with Crippen molar-refractivity contribution in [1.82, 2.24) is 5.43 Å². The van der Waals surface area contributed by atoms with Gasteiger partial charge in [0.1, 0.15) is 6.54 Å². The number of nitrogens with zero attached hydrogens (tertiary/aromatic N) is 1. The Bertz CT molecular complexity index is 262. The molecule has 1 amide bonds. The minimum Gasteiger partial charge on any atom is -0.270 e. The van der Waals surface area contributed by atoms with Gasteiger partial charge in [-0.15, -0.1) is 0 Å². The van der Waals surface area contributed by atoms with Gasteiger partial charge in [0.15, 0.2) is 0 Å². The van der Waals surface area contributed by atoms with Gasteiger partial charge >= 0.3 is 0 Å². The Morgan fingerprint density at radius 3 is 1.68 bits per heavy atom. The van der Waals surface area contributed by atoms with E-state index in [0.717, 1.165) is 37.1 Å². The molecule has 0 spiro atoms. The second-order valence-corrected chi connectivity index (χ2v) is 6.61. The topological polar surface area (TPSA) is 29.1 Å². The lowest BCUT2D eigenvalue weighted by Crippen LogP contribution is -2.60. The van der Waals surface area contributed by atoms with E-state index in [-0.39, 0.29) is 5.91 Å². The molecule has 0 atom stereocenters. The number of carbonyl (C=O) groups excluding carboxylic acids is 1. The molecule has 0 aliphatic carbocycles. The molecule has 0 aromatic heterocycles. The number of amides is 1. The van der Waals surface area contributed by atoms with Crippen LogP contribution in [0.4, 0.5) is 0 Å². The average Bonchev–Trinajstić information content (AvgIpc) is 2.52. The fourth-order valence-corrected chi connectivity index (χ4v) is 3.10. The van der Waals surface area contributed by atoms with E-state index in [9.17, 15) is 4.79 Å². The van der Waals surface area contributed by atoms with E-state index in [1.807, 2.05) is 0 Å². The molecule has 0 heterocycles. The molecule has 0 unspecified atom stereocenters. The number of rotatable bonds is 15. The van der Waals surface area contributed by atoms with E-state index in [1.165, 1.54) is 51.4 Å². The normalized spacial score (nSPS) is 11.6. The number of hydrogen-bond donors (Lipinski definition) is 1. The second-order valence-electron chi connectivity index (χ2n) is 6.61. The number of carbonyl (C=O) groups is 1. The van der Waals surface area contributed by atoms with Gasteiger partial charge in [0, 0.05) is 6.42 Å². The minimum atomic E-state index is 0.236. The quantitative estimate of drug-likeness (QED) is 0.251. The van der Waals surface area contributed by atoms with Crippen molar-refractivity contribution in [1.29, 1.82) is 0 Å². The summed E-state index contributed by atoms with van der Waals surface area (Å²) in [5.74, 6) is 0.236. The fraction of sp³-hybridized carbons (Fsp3) is 0.947. The summed E-state index contributed by atoms with van der Waals surface area (Å²) in [5, 5.41) is 0. The van der Waals surface area contributed by atoms with Crippen LogP contribution in [0.15, 0.2) is 0 Å². The van der Waals surface area contributed by atoms with Gasteiger partial charge in [-0.2, -0.15) is 0 Å². The maximum Gasteiger partial charge on any atom is 0.264 e. The SMILES string of the molecule is CCCCCCCCCCCC(=O)N[N+](CC)(CC)CCC. The van der Waals surface area contributed by atoms with Crippen LogP contribution < -0.4 is 5.43 Å². The maximum absolute atomic E-state index is 12.1. The third kappa shape index (κ3) is 10.2. The molecule has 0 aliphatic heterocycles. The maximum atomic E-state index is 12.1. The summed E-state index contributed by atoms with van der Waals surface area (Å²) < 4.78 is 0.743. The molecule has 0 fully saturated rings. The van der Waals surface area contributed by atoms with Gasteiger partial charge in [0.05, 0.1) is 13.1 Å². The lowest BCUT2D eigenvalue weighted by Gasteiger charge is -2.35. The number of hydrogen-bond acceptors (Lipinski definition) is 1. The Hall–Kier alpha value is -0.570. The Morgan fingerprint density at radius 2 is 1.23 bits per heavy atom. The van der Waals surface area contributed by atoms with Crippen LogP contribution in [0.25, 0.3) is 0 Å². The van der Waals surface area contributed by atoms with Crippen LogP contribution in [0.5, 0.6) is 0 Å². The van der Waals surface area contributed by atoms with E-state index in [1.54, 1.807) is 0 Å². The molecule has 0 rings (SSSR count). The summed E-state index contributed by atoms with van der Waals surface area (Å²) in [6.07, 6.45) is 13.5. The van der Waals surface area contributed by atoms with Crippen molar-refractivity contribution in [3.8, 4) is 0 Å². The first-order valence-corrected chi connectivity index (χ1v) is 9.81. The van der Waals surface area contributed by atoms with Gasteiger partial charge in [-0.3, -0.25) is 4.79 Å². The lowest BCUT2D eigenvalue weighted by atomic mass is 10.1. The van der Waals surface area contributed by atoms with Crippen molar-refractivity contribution in [2.45, 2.75) is 98.3 Å². The van der Waals surface area contributed by atoms with Crippen molar-refractivity contribution < 1.29 is 9.39 Å². The first-order valence-electron chi connectivity index (χ1n) is 9.81. The summed E-state index contributed by atoms with van der Waals surface area (Å²) in [4.78, 5) is 12.1. The zero-order chi connectivity index (χ0) is 16.7. The number of unbranched alkanes of at least 4 members (excludes halogenated alkanes) is 8. The van der Waals surface area contributed by atoms with E-state index in [4.69, 9.17) is 0 Å². The van der Waals surface area contributed by atoms with Crippen LogP contribution in [0, 0.1) is 0 Å². The Balaban J connectivity index is 3.68. The highest BCUT2D eigenvalue weighted by Gasteiger charge is 2.24. The Labute approximate surface area is 139 Å². The first-order chi connectivity index (χ1) is 10.6. The van der Waals surface area contributed by atoms with Crippen LogP contribution in [0.2, 0.25) is 0 Å². The molecule has 22 heavy (non-hydrogen) atoms. The zero-order valence-corrected chi connectivity index (χ0v) is 15.8. The smallest absolute Gasteiger partial charge is 0.264 e. The molecule has 1 N–H and O–H groups in total.